The first-order valence-electron chi connectivity index (χ1n) is 5.09. The summed E-state index contributed by atoms with van der Waals surface area (Å²) < 4.78 is 4.48. The normalized spacial score (nSPS) is 12.1. The van der Waals surface area contributed by atoms with Crippen LogP contribution in [0.15, 0.2) is 30.3 Å². The summed E-state index contributed by atoms with van der Waals surface area (Å²) in [5.41, 5.74) is 1.22. The quantitative estimate of drug-likeness (QED) is 0.771. The van der Waals surface area contributed by atoms with Gasteiger partial charge in [0.05, 0.1) is 19.6 Å². The molecule has 1 atom stereocenters. The van der Waals surface area contributed by atoms with Crippen molar-refractivity contribution in [3.63, 3.8) is 0 Å². The molecular formula is C12H16O3S. The number of aliphatic hydroxyl groups excluding tert-OH is 1. The molecule has 0 heterocycles. The van der Waals surface area contributed by atoms with Gasteiger partial charge in [-0.1, -0.05) is 30.3 Å². The summed E-state index contributed by atoms with van der Waals surface area (Å²) in [6, 6.07) is 10.0. The van der Waals surface area contributed by atoms with Gasteiger partial charge in [0, 0.05) is 11.5 Å². The molecule has 0 radical (unpaired) electrons. The highest BCUT2D eigenvalue weighted by Gasteiger charge is 2.10. The molecular weight excluding hydrogens is 224 g/mol. The van der Waals surface area contributed by atoms with Gasteiger partial charge in [0.2, 0.25) is 0 Å². The Labute approximate surface area is 99.8 Å². The van der Waals surface area contributed by atoms with Crippen molar-refractivity contribution in [1.29, 1.82) is 0 Å². The van der Waals surface area contributed by atoms with Crippen LogP contribution in [0.1, 0.15) is 12.0 Å². The standard InChI is InChI=1S/C12H16O3S/c1-15-12(14)7-11(13)9-16-8-10-5-3-2-4-6-10/h2-6,11,13H,7-9H2,1H3/t11-/m1/s1. The molecule has 0 unspecified atom stereocenters. The lowest BCUT2D eigenvalue weighted by molar-refractivity contribution is -0.142. The number of rotatable bonds is 6. The largest absolute Gasteiger partial charge is 0.469 e. The zero-order chi connectivity index (χ0) is 11.8. The summed E-state index contributed by atoms with van der Waals surface area (Å²) in [7, 11) is 1.33. The highest BCUT2D eigenvalue weighted by Crippen LogP contribution is 2.13. The summed E-state index contributed by atoms with van der Waals surface area (Å²) in [6.07, 6.45) is -0.556. The minimum absolute atomic E-state index is 0.0677. The monoisotopic (exact) mass is 240 g/mol. The lowest BCUT2D eigenvalue weighted by Gasteiger charge is -2.08. The van der Waals surface area contributed by atoms with E-state index in [1.807, 2.05) is 30.3 Å². The molecule has 0 amide bonds. The fourth-order valence-corrected chi connectivity index (χ4v) is 2.16. The molecule has 0 fully saturated rings. The Hall–Kier alpha value is -1.00. The van der Waals surface area contributed by atoms with Crippen LogP contribution in [0.4, 0.5) is 0 Å². The van der Waals surface area contributed by atoms with E-state index in [0.717, 1.165) is 5.75 Å². The smallest absolute Gasteiger partial charge is 0.308 e. The van der Waals surface area contributed by atoms with Crippen LogP contribution in [0.3, 0.4) is 0 Å². The minimum atomic E-state index is -0.624. The third-order valence-electron chi connectivity index (χ3n) is 2.05. The molecule has 0 aromatic heterocycles. The molecule has 1 aromatic rings. The average Bonchev–Trinajstić information content (AvgIpc) is 2.30. The molecule has 0 aliphatic heterocycles. The number of aliphatic hydroxyl groups is 1. The van der Waals surface area contributed by atoms with Crippen LogP contribution in [-0.2, 0) is 15.3 Å². The van der Waals surface area contributed by atoms with E-state index in [2.05, 4.69) is 4.74 Å². The van der Waals surface area contributed by atoms with Crippen molar-refractivity contribution in [1.82, 2.24) is 0 Å². The molecule has 0 aliphatic carbocycles. The maximum atomic E-state index is 10.9. The minimum Gasteiger partial charge on any atom is -0.469 e. The van der Waals surface area contributed by atoms with Crippen molar-refractivity contribution in [3.8, 4) is 0 Å². The van der Waals surface area contributed by atoms with Crippen molar-refractivity contribution >= 4 is 17.7 Å². The predicted octanol–water partition coefficient (Wildman–Crippen LogP) is 1.84. The number of esters is 1. The van der Waals surface area contributed by atoms with Crippen molar-refractivity contribution < 1.29 is 14.6 Å². The maximum absolute atomic E-state index is 10.9. The number of carbonyl (C=O) groups is 1. The second-order valence-corrected chi connectivity index (χ2v) is 4.47. The molecule has 0 spiro atoms. The zero-order valence-corrected chi connectivity index (χ0v) is 10.1. The van der Waals surface area contributed by atoms with Crippen LogP contribution < -0.4 is 0 Å². The van der Waals surface area contributed by atoms with Gasteiger partial charge in [-0.05, 0) is 5.56 Å². The number of hydrogen-bond donors (Lipinski definition) is 1. The van der Waals surface area contributed by atoms with E-state index in [9.17, 15) is 9.90 Å². The first-order valence-corrected chi connectivity index (χ1v) is 6.24. The average molecular weight is 240 g/mol. The van der Waals surface area contributed by atoms with Gasteiger partial charge < -0.3 is 9.84 Å². The number of methoxy groups -OCH3 is 1. The first kappa shape index (κ1) is 13.1. The van der Waals surface area contributed by atoms with Crippen molar-refractivity contribution in [2.24, 2.45) is 0 Å². The highest BCUT2D eigenvalue weighted by molar-refractivity contribution is 7.98. The summed E-state index contributed by atoms with van der Waals surface area (Å²) >= 11 is 1.61. The van der Waals surface area contributed by atoms with Gasteiger partial charge in [-0.2, -0.15) is 11.8 Å². The Bertz CT molecular complexity index is 313. The number of benzene rings is 1. The molecule has 1 rings (SSSR count). The van der Waals surface area contributed by atoms with Gasteiger partial charge >= 0.3 is 5.97 Å². The van der Waals surface area contributed by atoms with Crippen LogP contribution >= 0.6 is 11.8 Å². The third-order valence-corrected chi connectivity index (χ3v) is 3.21. The molecule has 3 nitrogen and oxygen atoms in total. The number of thioether (sulfide) groups is 1. The van der Waals surface area contributed by atoms with Gasteiger partial charge in [-0.3, -0.25) is 4.79 Å². The molecule has 0 saturated heterocycles. The van der Waals surface area contributed by atoms with E-state index in [4.69, 9.17) is 0 Å². The Balaban J connectivity index is 2.18. The van der Waals surface area contributed by atoms with Crippen molar-refractivity contribution in [3.05, 3.63) is 35.9 Å². The highest BCUT2D eigenvalue weighted by atomic mass is 32.2. The van der Waals surface area contributed by atoms with Crippen molar-refractivity contribution in [2.45, 2.75) is 18.3 Å². The Kier molecular flexibility index (Phi) is 5.96. The van der Waals surface area contributed by atoms with Gasteiger partial charge in [-0.15, -0.1) is 0 Å². The molecule has 1 N–H and O–H groups in total. The zero-order valence-electron chi connectivity index (χ0n) is 9.26. The molecule has 16 heavy (non-hydrogen) atoms. The maximum Gasteiger partial charge on any atom is 0.308 e. The molecule has 4 heteroatoms. The van der Waals surface area contributed by atoms with Gasteiger partial charge in [0.25, 0.3) is 0 Å². The Morgan fingerprint density at radius 3 is 2.75 bits per heavy atom. The summed E-state index contributed by atoms with van der Waals surface area (Å²) in [5.74, 6) is 1.02. The molecule has 0 bridgehead atoms. The molecule has 0 saturated carbocycles. The number of hydrogen-bond acceptors (Lipinski definition) is 4. The van der Waals surface area contributed by atoms with Gasteiger partial charge in [0.15, 0.2) is 0 Å². The van der Waals surface area contributed by atoms with Crippen molar-refractivity contribution in [2.75, 3.05) is 12.9 Å². The second kappa shape index (κ2) is 7.30. The second-order valence-electron chi connectivity index (χ2n) is 3.43. The Morgan fingerprint density at radius 2 is 2.12 bits per heavy atom. The van der Waals surface area contributed by atoms with Crippen LogP contribution in [0.25, 0.3) is 0 Å². The van der Waals surface area contributed by atoms with E-state index in [-0.39, 0.29) is 12.4 Å². The first-order chi connectivity index (χ1) is 7.72. The lowest BCUT2D eigenvalue weighted by atomic mass is 10.2. The van der Waals surface area contributed by atoms with Gasteiger partial charge in [-0.25, -0.2) is 0 Å². The lowest BCUT2D eigenvalue weighted by Crippen LogP contribution is -2.16. The fraction of sp³-hybridized carbons (Fsp3) is 0.417. The van der Waals surface area contributed by atoms with E-state index in [1.165, 1.54) is 12.7 Å². The van der Waals surface area contributed by atoms with E-state index >= 15 is 0 Å². The summed E-state index contributed by atoms with van der Waals surface area (Å²) in [5, 5.41) is 9.51. The Morgan fingerprint density at radius 1 is 1.44 bits per heavy atom. The van der Waals surface area contributed by atoms with Gasteiger partial charge in [0.1, 0.15) is 0 Å². The summed E-state index contributed by atoms with van der Waals surface area (Å²) in [6.45, 7) is 0. The van der Waals surface area contributed by atoms with Crippen LogP contribution in [-0.4, -0.2) is 30.0 Å². The van der Waals surface area contributed by atoms with Crippen LogP contribution in [0, 0.1) is 0 Å². The number of ether oxygens (including phenoxy) is 1. The fourth-order valence-electron chi connectivity index (χ4n) is 1.22. The van der Waals surface area contributed by atoms with Crippen LogP contribution in [0.5, 0.6) is 0 Å². The summed E-state index contributed by atoms with van der Waals surface area (Å²) in [4.78, 5) is 10.9. The number of carbonyl (C=O) groups excluding carboxylic acids is 1. The topological polar surface area (TPSA) is 46.5 Å². The molecule has 0 aliphatic rings. The third kappa shape index (κ3) is 5.19. The van der Waals surface area contributed by atoms with Crippen LogP contribution in [0.2, 0.25) is 0 Å². The van der Waals surface area contributed by atoms with E-state index in [0.29, 0.717) is 5.75 Å². The molecule has 88 valence electrons. The van der Waals surface area contributed by atoms with E-state index < -0.39 is 6.10 Å². The SMILES string of the molecule is COC(=O)C[C@@H](O)CSCc1ccccc1. The molecule has 1 aromatic carbocycles. The predicted molar refractivity (Wildman–Crippen MR) is 65.2 cm³/mol. The van der Waals surface area contributed by atoms with E-state index in [1.54, 1.807) is 11.8 Å².